The molecule has 0 amide bonds. The molecule has 7 N–H and O–H groups in total. The summed E-state index contributed by atoms with van der Waals surface area (Å²) in [6, 6.07) is 38.3. The molecule has 0 radical (unpaired) electrons. The molecule has 336 valence electrons. The first-order chi connectivity index (χ1) is 30.2. The van der Waals surface area contributed by atoms with Crippen LogP contribution in [0.4, 0.5) is 0 Å². The predicted octanol–water partition coefficient (Wildman–Crippen LogP) is 1.33. The highest BCUT2D eigenvalue weighted by Crippen LogP contribution is 2.36. The maximum Gasteiger partial charge on any atom is 0.187 e. The van der Waals surface area contributed by atoms with Gasteiger partial charge in [-0.05, 0) is 22.3 Å². The van der Waals surface area contributed by atoms with E-state index in [4.69, 9.17) is 42.6 Å². The van der Waals surface area contributed by atoms with E-state index in [0.717, 1.165) is 22.3 Å². The third kappa shape index (κ3) is 11.7. The molecule has 0 unspecified atom stereocenters. The SMILES string of the molecule is OC[C@@H]1O[C@H](O)[C@@H](O)[C@H](O)[C@H]1O[C@@H]1O[C@H](CO)[C@H](O[C@H]2O[C@H](COCc3ccccc3)[C@H](OCc3ccccc3)[C@H](OCc3ccccc3)[C@H]2OCc2ccccc2)[C@H](O)[C@H]1O. The Labute approximate surface area is 359 Å². The molecule has 0 aliphatic carbocycles. The zero-order valence-corrected chi connectivity index (χ0v) is 34.0. The topological polar surface area (TPSA) is 225 Å². The van der Waals surface area contributed by atoms with Crippen LogP contribution in [0.15, 0.2) is 121 Å². The Morgan fingerprint density at radius 1 is 0.387 bits per heavy atom. The van der Waals surface area contributed by atoms with Crippen molar-refractivity contribution in [2.75, 3.05) is 19.8 Å². The van der Waals surface area contributed by atoms with Gasteiger partial charge in [0.05, 0.1) is 46.2 Å². The molecule has 0 bridgehead atoms. The van der Waals surface area contributed by atoms with Crippen LogP contribution < -0.4 is 0 Å². The highest BCUT2D eigenvalue weighted by molar-refractivity contribution is 5.16. The van der Waals surface area contributed by atoms with Crippen LogP contribution in [-0.4, -0.2) is 148 Å². The van der Waals surface area contributed by atoms with Crippen molar-refractivity contribution in [2.24, 2.45) is 0 Å². The van der Waals surface area contributed by atoms with Gasteiger partial charge in [0, 0.05) is 0 Å². The molecule has 7 rings (SSSR count). The number of benzene rings is 4. The Balaban J connectivity index is 1.19. The van der Waals surface area contributed by atoms with E-state index in [0.29, 0.717) is 0 Å². The van der Waals surface area contributed by atoms with Crippen molar-refractivity contribution < 1.29 is 78.4 Å². The van der Waals surface area contributed by atoms with Crippen LogP contribution in [-0.2, 0) is 69.1 Å². The summed E-state index contributed by atoms with van der Waals surface area (Å²) >= 11 is 0. The molecule has 0 aromatic heterocycles. The van der Waals surface area contributed by atoms with Crippen LogP contribution in [0.25, 0.3) is 0 Å². The standard InChI is InChI=1S/C46H56O16/c47-21-32-39(35(49)37(51)44(53)58-32)61-45-38(52)36(50)40(33(22-48)59-45)62-46-43(57-26-31-19-11-4-12-20-31)42(56-25-30-17-9-3-10-18-30)41(55-24-29-15-7-2-8-16-29)34(60-46)27-54-23-28-13-5-1-6-14-28/h1-20,32-53H,21-27H2/t32-,33+,34+,35-,36+,37-,38+,39-,40-,41-,42-,43+,44-,45-,46+/m0/s1. The molecule has 4 aromatic carbocycles. The van der Waals surface area contributed by atoms with Crippen LogP contribution in [0, 0.1) is 0 Å². The molecule has 16 nitrogen and oxygen atoms in total. The van der Waals surface area contributed by atoms with Gasteiger partial charge in [0.1, 0.15) is 73.2 Å². The lowest BCUT2D eigenvalue weighted by molar-refractivity contribution is -0.383. The Bertz CT molecular complexity index is 1860. The molecule has 3 saturated heterocycles. The second-order valence-corrected chi connectivity index (χ2v) is 15.5. The minimum absolute atomic E-state index is 0.00879. The molecule has 15 atom stereocenters. The van der Waals surface area contributed by atoms with Crippen molar-refractivity contribution in [1.82, 2.24) is 0 Å². The second-order valence-electron chi connectivity index (χ2n) is 15.5. The molecule has 3 aliphatic heterocycles. The minimum Gasteiger partial charge on any atom is -0.394 e. The first kappa shape index (κ1) is 46.2. The van der Waals surface area contributed by atoms with E-state index in [-0.39, 0.29) is 33.0 Å². The Morgan fingerprint density at radius 3 is 1.29 bits per heavy atom. The lowest BCUT2D eigenvalue weighted by Crippen LogP contribution is -2.67. The van der Waals surface area contributed by atoms with Crippen LogP contribution in [0.1, 0.15) is 22.3 Å². The zero-order chi connectivity index (χ0) is 43.4. The largest absolute Gasteiger partial charge is 0.394 e. The van der Waals surface area contributed by atoms with Crippen LogP contribution in [0.2, 0.25) is 0 Å². The number of hydrogen-bond acceptors (Lipinski definition) is 16. The Kier molecular flexibility index (Phi) is 17.0. The summed E-state index contributed by atoms with van der Waals surface area (Å²) in [6.45, 7) is -0.796. The predicted molar refractivity (Wildman–Crippen MR) is 217 cm³/mol. The van der Waals surface area contributed by atoms with E-state index in [1.165, 1.54) is 0 Å². The number of hydrogen-bond donors (Lipinski definition) is 7. The van der Waals surface area contributed by atoms with E-state index in [9.17, 15) is 35.7 Å². The lowest BCUT2D eigenvalue weighted by Gasteiger charge is -2.49. The fourth-order valence-corrected chi connectivity index (χ4v) is 7.73. The van der Waals surface area contributed by atoms with Gasteiger partial charge in [-0.25, -0.2) is 0 Å². The lowest BCUT2D eigenvalue weighted by atomic mass is 9.95. The molecule has 0 spiro atoms. The van der Waals surface area contributed by atoms with Crippen LogP contribution in [0.3, 0.4) is 0 Å². The van der Waals surface area contributed by atoms with Crippen molar-refractivity contribution >= 4 is 0 Å². The molecule has 3 aliphatic rings. The van der Waals surface area contributed by atoms with E-state index in [1.54, 1.807) is 0 Å². The summed E-state index contributed by atoms with van der Waals surface area (Å²) in [6.07, 6.45) is -21.5. The van der Waals surface area contributed by atoms with Gasteiger partial charge in [0.2, 0.25) is 0 Å². The Hall–Kier alpha value is -3.76. The third-order valence-corrected chi connectivity index (χ3v) is 11.1. The van der Waals surface area contributed by atoms with Gasteiger partial charge in [-0.2, -0.15) is 0 Å². The minimum atomic E-state index is -1.87. The maximum atomic E-state index is 11.7. The van der Waals surface area contributed by atoms with Crippen molar-refractivity contribution in [3.8, 4) is 0 Å². The van der Waals surface area contributed by atoms with Gasteiger partial charge >= 0.3 is 0 Å². The quantitative estimate of drug-likeness (QED) is 0.0706. The van der Waals surface area contributed by atoms with E-state index in [1.807, 2.05) is 121 Å². The summed E-state index contributed by atoms with van der Waals surface area (Å²) in [7, 11) is 0. The first-order valence-electron chi connectivity index (χ1n) is 20.7. The normalized spacial score (nSPS) is 33.9. The average molecular weight is 865 g/mol. The molecular formula is C46H56O16. The summed E-state index contributed by atoms with van der Waals surface area (Å²) in [5.74, 6) is 0. The number of ether oxygens (including phenoxy) is 9. The zero-order valence-electron chi connectivity index (χ0n) is 34.0. The fourth-order valence-electron chi connectivity index (χ4n) is 7.73. The van der Waals surface area contributed by atoms with Gasteiger partial charge < -0.3 is 78.4 Å². The molecule has 16 heteroatoms. The summed E-state index contributed by atoms with van der Waals surface area (Å²) < 4.78 is 56.6. The van der Waals surface area contributed by atoms with Crippen molar-refractivity contribution in [2.45, 2.75) is 119 Å². The number of aliphatic hydroxyl groups excluding tert-OH is 7. The van der Waals surface area contributed by atoms with Crippen molar-refractivity contribution in [3.05, 3.63) is 144 Å². The van der Waals surface area contributed by atoms with Crippen molar-refractivity contribution in [3.63, 3.8) is 0 Å². The van der Waals surface area contributed by atoms with Gasteiger partial charge in [-0.15, -0.1) is 0 Å². The molecule has 62 heavy (non-hydrogen) atoms. The molecule has 0 saturated carbocycles. The highest BCUT2D eigenvalue weighted by Gasteiger charge is 2.55. The van der Waals surface area contributed by atoms with E-state index >= 15 is 0 Å². The highest BCUT2D eigenvalue weighted by atomic mass is 16.8. The van der Waals surface area contributed by atoms with Crippen LogP contribution in [0.5, 0.6) is 0 Å². The second kappa shape index (κ2) is 22.7. The Morgan fingerprint density at radius 2 is 0.790 bits per heavy atom. The molecule has 3 fully saturated rings. The van der Waals surface area contributed by atoms with Crippen LogP contribution >= 0.6 is 0 Å². The third-order valence-electron chi connectivity index (χ3n) is 11.1. The van der Waals surface area contributed by atoms with Gasteiger partial charge in [-0.1, -0.05) is 121 Å². The molecule has 4 aromatic rings. The number of rotatable bonds is 19. The monoisotopic (exact) mass is 864 g/mol. The van der Waals surface area contributed by atoms with Gasteiger partial charge in [-0.3, -0.25) is 0 Å². The van der Waals surface area contributed by atoms with E-state index in [2.05, 4.69) is 0 Å². The molecular weight excluding hydrogens is 808 g/mol. The average Bonchev–Trinajstić information content (AvgIpc) is 3.31. The maximum absolute atomic E-state index is 11.7. The summed E-state index contributed by atoms with van der Waals surface area (Å²) in [4.78, 5) is 0. The van der Waals surface area contributed by atoms with Crippen molar-refractivity contribution in [1.29, 1.82) is 0 Å². The number of aliphatic hydroxyl groups is 7. The van der Waals surface area contributed by atoms with E-state index < -0.39 is 105 Å². The fraction of sp³-hybridized carbons (Fsp3) is 0.478. The first-order valence-corrected chi connectivity index (χ1v) is 20.7. The van der Waals surface area contributed by atoms with Gasteiger partial charge in [0.25, 0.3) is 0 Å². The van der Waals surface area contributed by atoms with Gasteiger partial charge in [0.15, 0.2) is 18.9 Å². The summed E-state index contributed by atoms with van der Waals surface area (Å²) in [5, 5.41) is 74.6. The smallest absolute Gasteiger partial charge is 0.187 e. The summed E-state index contributed by atoms with van der Waals surface area (Å²) in [5.41, 5.74) is 3.55. The molecule has 3 heterocycles.